The first-order valence-electron chi connectivity index (χ1n) is 4.96. The number of hydrogen-bond donors (Lipinski definition) is 1. The second kappa shape index (κ2) is 5.65. The van der Waals surface area contributed by atoms with Gasteiger partial charge in [0.25, 0.3) is 0 Å². The lowest BCUT2D eigenvalue weighted by Crippen LogP contribution is -2.00. The van der Waals surface area contributed by atoms with E-state index in [1.165, 1.54) is 0 Å². The second-order valence-electron chi connectivity index (χ2n) is 3.62. The van der Waals surface area contributed by atoms with E-state index in [4.69, 9.17) is 0 Å². The maximum Gasteiger partial charge on any atom is 0.105 e. The van der Waals surface area contributed by atoms with E-state index in [0.717, 1.165) is 24.5 Å². The number of aliphatic hydroxyl groups excluding tert-OH is 1. The first kappa shape index (κ1) is 13.3. The molecule has 0 aliphatic rings. The van der Waals surface area contributed by atoms with Gasteiger partial charge in [0, 0.05) is 19.0 Å². The summed E-state index contributed by atoms with van der Waals surface area (Å²) in [7, 11) is 0. The first-order chi connectivity index (χ1) is 8.08. The molecule has 0 aliphatic carbocycles. The Morgan fingerprint density at radius 2 is 1.59 bits per heavy atom. The lowest BCUT2D eigenvalue weighted by atomic mass is 10.0. The second-order valence-corrected chi connectivity index (χ2v) is 6.31. The number of benzene rings is 2. The maximum atomic E-state index is 10.3. The number of hydrogen-bond acceptors (Lipinski definition) is 1. The highest BCUT2D eigenvalue weighted by atomic mass is 79.9. The lowest BCUT2D eigenvalue weighted by Gasteiger charge is -2.14. The summed E-state index contributed by atoms with van der Waals surface area (Å²) in [5, 5.41) is 10.3. The molecule has 17 heavy (non-hydrogen) atoms. The van der Waals surface area contributed by atoms with Crippen LogP contribution in [0.3, 0.4) is 0 Å². The van der Waals surface area contributed by atoms with E-state index in [2.05, 4.69) is 47.8 Å². The van der Waals surface area contributed by atoms with Crippen molar-refractivity contribution in [1.29, 1.82) is 0 Å². The predicted molar refractivity (Wildman–Crippen MR) is 80.0 cm³/mol. The van der Waals surface area contributed by atoms with E-state index >= 15 is 0 Å². The molecular formula is C13H9Br3O. The van der Waals surface area contributed by atoms with Crippen LogP contribution in [0.25, 0.3) is 0 Å². The van der Waals surface area contributed by atoms with E-state index in [-0.39, 0.29) is 0 Å². The SMILES string of the molecule is OC(c1cccc(Br)c1)c1cc(Br)ccc1Br. The van der Waals surface area contributed by atoms with Crippen molar-refractivity contribution in [2.45, 2.75) is 6.10 Å². The van der Waals surface area contributed by atoms with Crippen molar-refractivity contribution < 1.29 is 5.11 Å². The first-order valence-corrected chi connectivity index (χ1v) is 7.34. The van der Waals surface area contributed by atoms with Crippen molar-refractivity contribution in [2.75, 3.05) is 0 Å². The molecule has 0 bridgehead atoms. The van der Waals surface area contributed by atoms with Gasteiger partial charge in [-0.1, -0.05) is 59.9 Å². The van der Waals surface area contributed by atoms with Gasteiger partial charge in [-0.05, 0) is 35.9 Å². The third kappa shape index (κ3) is 3.19. The molecule has 0 saturated heterocycles. The Bertz CT molecular complexity index is 540. The topological polar surface area (TPSA) is 20.2 Å². The molecule has 2 aromatic carbocycles. The summed E-state index contributed by atoms with van der Waals surface area (Å²) in [6.07, 6.45) is -0.639. The summed E-state index contributed by atoms with van der Waals surface area (Å²) in [5.41, 5.74) is 1.70. The van der Waals surface area contributed by atoms with Gasteiger partial charge < -0.3 is 5.11 Å². The largest absolute Gasteiger partial charge is 0.384 e. The Morgan fingerprint density at radius 3 is 2.29 bits per heavy atom. The van der Waals surface area contributed by atoms with Crippen molar-refractivity contribution in [1.82, 2.24) is 0 Å². The van der Waals surface area contributed by atoms with Crippen LogP contribution in [-0.2, 0) is 0 Å². The Kier molecular flexibility index (Phi) is 4.42. The summed E-state index contributed by atoms with van der Waals surface area (Å²) in [6, 6.07) is 13.4. The molecule has 1 N–H and O–H groups in total. The molecule has 0 heterocycles. The molecule has 0 spiro atoms. The van der Waals surface area contributed by atoms with Gasteiger partial charge in [0.2, 0.25) is 0 Å². The van der Waals surface area contributed by atoms with E-state index in [1.54, 1.807) is 0 Å². The van der Waals surface area contributed by atoms with Crippen LogP contribution in [0.1, 0.15) is 17.2 Å². The average molecular weight is 421 g/mol. The minimum Gasteiger partial charge on any atom is -0.384 e. The molecule has 4 heteroatoms. The molecule has 1 unspecified atom stereocenters. The van der Waals surface area contributed by atoms with Gasteiger partial charge in [0.1, 0.15) is 6.10 Å². The fourth-order valence-corrected chi connectivity index (χ4v) is 2.84. The van der Waals surface area contributed by atoms with E-state index < -0.39 is 6.10 Å². The van der Waals surface area contributed by atoms with Gasteiger partial charge in [-0.25, -0.2) is 0 Å². The predicted octanol–water partition coefficient (Wildman–Crippen LogP) is 5.06. The monoisotopic (exact) mass is 418 g/mol. The van der Waals surface area contributed by atoms with Crippen molar-refractivity contribution in [3.8, 4) is 0 Å². The third-order valence-corrected chi connectivity index (χ3v) is 4.13. The number of halogens is 3. The highest BCUT2D eigenvalue weighted by Gasteiger charge is 2.14. The molecule has 2 aromatic rings. The quantitative estimate of drug-likeness (QED) is 0.720. The lowest BCUT2D eigenvalue weighted by molar-refractivity contribution is 0.219. The van der Waals surface area contributed by atoms with Gasteiger partial charge in [-0.15, -0.1) is 0 Å². The fourth-order valence-electron chi connectivity index (χ4n) is 1.58. The molecule has 0 amide bonds. The molecule has 0 radical (unpaired) electrons. The van der Waals surface area contributed by atoms with E-state index in [0.29, 0.717) is 0 Å². The van der Waals surface area contributed by atoms with Gasteiger partial charge in [0.05, 0.1) is 0 Å². The summed E-state index contributed by atoms with van der Waals surface area (Å²) < 4.78 is 2.80. The molecule has 88 valence electrons. The van der Waals surface area contributed by atoms with Crippen LogP contribution in [0.2, 0.25) is 0 Å². The Balaban J connectivity index is 2.43. The maximum absolute atomic E-state index is 10.3. The van der Waals surface area contributed by atoms with Crippen molar-refractivity contribution in [3.63, 3.8) is 0 Å². The van der Waals surface area contributed by atoms with Crippen LogP contribution in [0.4, 0.5) is 0 Å². The normalized spacial score (nSPS) is 12.5. The van der Waals surface area contributed by atoms with E-state index in [9.17, 15) is 5.11 Å². The van der Waals surface area contributed by atoms with Crippen molar-refractivity contribution in [3.05, 3.63) is 67.0 Å². The summed E-state index contributed by atoms with van der Waals surface area (Å²) in [6.45, 7) is 0. The highest BCUT2D eigenvalue weighted by Crippen LogP contribution is 2.31. The highest BCUT2D eigenvalue weighted by molar-refractivity contribution is 9.11. The zero-order chi connectivity index (χ0) is 12.4. The van der Waals surface area contributed by atoms with E-state index in [1.807, 2.05) is 42.5 Å². The average Bonchev–Trinajstić information content (AvgIpc) is 2.31. The minimum absolute atomic E-state index is 0.639. The molecule has 0 aromatic heterocycles. The molecule has 1 nitrogen and oxygen atoms in total. The van der Waals surface area contributed by atoms with Crippen molar-refractivity contribution >= 4 is 47.8 Å². The summed E-state index contributed by atoms with van der Waals surface area (Å²) in [5.74, 6) is 0. The van der Waals surface area contributed by atoms with Crippen LogP contribution in [-0.4, -0.2) is 5.11 Å². The molecular weight excluding hydrogens is 412 g/mol. The van der Waals surface area contributed by atoms with Crippen LogP contribution >= 0.6 is 47.8 Å². The van der Waals surface area contributed by atoms with Gasteiger partial charge in [-0.2, -0.15) is 0 Å². The zero-order valence-electron chi connectivity index (χ0n) is 8.70. The fraction of sp³-hybridized carbons (Fsp3) is 0.0769. The number of rotatable bonds is 2. The molecule has 0 aliphatic heterocycles. The van der Waals surface area contributed by atoms with Gasteiger partial charge in [0.15, 0.2) is 0 Å². The molecule has 1 atom stereocenters. The third-order valence-electron chi connectivity index (χ3n) is 2.42. The van der Waals surface area contributed by atoms with Crippen LogP contribution in [0.15, 0.2) is 55.9 Å². The van der Waals surface area contributed by atoms with Gasteiger partial charge in [-0.3, -0.25) is 0 Å². The summed E-state index contributed by atoms with van der Waals surface area (Å²) >= 11 is 10.3. The standard InChI is InChI=1S/C13H9Br3O/c14-9-3-1-2-8(6-9)13(17)11-7-10(15)4-5-12(11)16/h1-7,13,17H. The zero-order valence-corrected chi connectivity index (χ0v) is 13.5. The van der Waals surface area contributed by atoms with Crippen LogP contribution < -0.4 is 0 Å². The summed E-state index contributed by atoms with van der Waals surface area (Å²) in [4.78, 5) is 0. The minimum atomic E-state index is -0.639. The smallest absolute Gasteiger partial charge is 0.105 e. The van der Waals surface area contributed by atoms with Crippen molar-refractivity contribution in [2.24, 2.45) is 0 Å². The van der Waals surface area contributed by atoms with Crippen LogP contribution in [0.5, 0.6) is 0 Å². The van der Waals surface area contributed by atoms with Crippen LogP contribution in [0, 0.1) is 0 Å². The van der Waals surface area contributed by atoms with Gasteiger partial charge >= 0.3 is 0 Å². The molecule has 2 rings (SSSR count). The molecule has 0 fully saturated rings. The Morgan fingerprint density at radius 1 is 0.882 bits per heavy atom. The molecule has 0 saturated carbocycles. The Labute approximate surface area is 125 Å². The Hall–Kier alpha value is -0.160. The number of aliphatic hydroxyl groups is 1.